The molecule has 2 rings (SSSR count). The van der Waals surface area contributed by atoms with Gasteiger partial charge < -0.3 is 19.8 Å². The molecule has 192 valence electrons. The number of allylic oxidation sites excluding steroid dienone is 3. The number of unbranched alkanes of at least 4 members (excludes halogenated alkanes) is 5. The predicted octanol–water partition coefficient (Wildman–Crippen LogP) is 7.58. The zero-order valence-electron chi connectivity index (χ0n) is 22.2. The lowest BCUT2D eigenvalue weighted by molar-refractivity contribution is 0.304. The summed E-state index contributed by atoms with van der Waals surface area (Å²) in [5.41, 5.74) is 9.91. The van der Waals surface area contributed by atoms with E-state index in [1.165, 1.54) is 36.8 Å². The molecule has 35 heavy (non-hydrogen) atoms. The zero-order valence-corrected chi connectivity index (χ0v) is 22.2. The summed E-state index contributed by atoms with van der Waals surface area (Å²) in [6.07, 6.45) is 14.9. The Labute approximate surface area is 211 Å². The van der Waals surface area contributed by atoms with Gasteiger partial charge >= 0.3 is 0 Å². The Kier molecular flexibility index (Phi) is 12.2. The first-order valence-corrected chi connectivity index (χ1v) is 13.0. The number of hydrogen-bond acceptors (Lipinski definition) is 4. The Morgan fingerprint density at radius 3 is 2.43 bits per heavy atom. The van der Waals surface area contributed by atoms with Crippen molar-refractivity contribution in [2.45, 2.75) is 85.6 Å². The Bertz CT molecular complexity index is 1080. The molecule has 0 aliphatic heterocycles. The lowest BCUT2D eigenvalue weighted by Crippen LogP contribution is -2.24. The number of aryl methyl sites for hydroxylation is 1. The number of fused-ring (bicyclic) bond motifs is 1. The summed E-state index contributed by atoms with van der Waals surface area (Å²) in [4.78, 5) is 13.6. The average molecular weight is 481 g/mol. The molecule has 0 atom stereocenters. The molecule has 1 aromatic carbocycles. The lowest BCUT2D eigenvalue weighted by atomic mass is 10.1. The Balaban J connectivity index is 2.34. The first-order chi connectivity index (χ1) is 16.9. The Morgan fingerprint density at radius 1 is 1.00 bits per heavy atom. The molecule has 0 unspecified atom stereocenters. The van der Waals surface area contributed by atoms with Gasteiger partial charge in [-0.3, -0.25) is 4.79 Å². The molecule has 5 nitrogen and oxygen atoms in total. The number of rotatable bonds is 16. The summed E-state index contributed by atoms with van der Waals surface area (Å²) in [6, 6.07) is 5.62. The van der Waals surface area contributed by atoms with Crippen LogP contribution in [0.25, 0.3) is 10.9 Å². The van der Waals surface area contributed by atoms with Crippen molar-refractivity contribution < 1.29 is 9.47 Å². The van der Waals surface area contributed by atoms with Crippen LogP contribution >= 0.6 is 0 Å². The van der Waals surface area contributed by atoms with Crippen molar-refractivity contribution in [1.82, 2.24) is 4.57 Å². The molecule has 5 heteroatoms. The van der Waals surface area contributed by atoms with E-state index in [1.807, 2.05) is 18.2 Å². The van der Waals surface area contributed by atoms with Gasteiger partial charge in [0.1, 0.15) is 13.2 Å². The van der Waals surface area contributed by atoms with Crippen LogP contribution in [0.3, 0.4) is 0 Å². The van der Waals surface area contributed by atoms with Crippen LogP contribution in [0.5, 0.6) is 11.5 Å². The number of nitrogens with two attached hydrogens (primary N) is 1. The molecule has 1 aromatic heterocycles. The molecule has 0 spiro atoms. The van der Waals surface area contributed by atoms with Gasteiger partial charge in [-0.2, -0.15) is 0 Å². The van der Waals surface area contributed by atoms with E-state index in [0.29, 0.717) is 24.6 Å². The van der Waals surface area contributed by atoms with Gasteiger partial charge in [-0.15, -0.1) is 0 Å². The number of anilines is 1. The minimum atomic E-state index is -0.183. The minimum absolute atomic E-state index is 0.183. The Hall–Kier alpha value is -2.95. The maximum absolute atomic E-state index is 13.6. The normalized spacial score (nSPS) is 11.5. The summed E-state index contributed by atoms with van der Waals surface area (Å²) in [5, 5.41) is 0.833. The van der Waals surface area contributed by atoms with Gasteiger partial charge in [0, 0.05) is 17.6 Å². The lowest BCUT2D eigenvalue weighted by Gasteiger charge is -2.18. The molecule has 0 aliphatic carbocycles. The van der Waals surface area contributed by atoms with Crippen LogP contribution in [0.4, 0.5) is 5.69 Å². The van der Waals surface area contributed by atoms with Crippen molar-refractivity contribution >= 4 is 16.6 Å². The van der Waals surface area contributed by atoms with E-state index in [9.17, 15) is 4.79 Å². The van der Waals surface area contributed by atoms with Gasteiger partial charge in [0.25, 0.3) is 5.56 Å². The van der Waals surface area contributed by atoms with Crippen LogP contribution in [0.2, 0.25) is 0 Å². The van der Waals surface area contributed by atoms with Crippen molar-refractivity contribution in [3.63, 3.8) is 0 Å². The van der Waals surface area contributed by atoms with Crippen LogP contribution < -0.4 is 20.8 Å². The standard InChI is InChI=1S/C30H44N2O3/c1-6-8-9-10-11-12-19-32-27-22-25(31)16-17-26(27)28(29(30(32)33)34-20-7-2)35-21-18-24(5)15-13-14-23(3)4/h7,14,16-18,22H,2,6,8-13,15,19-21,31H2,1,3-5H3/b24-18+. The van der Waals surface area contributed by atoms with E-state index in [0.717, 1.165) is 36.6 Å². The summed E-state index contributed by atoms with van der Waals surface area (Å²) in [6.45, 7) is 13.5. The third-order valence-corrected chi connectivity index (χ3v) is 6.03. The summed E-state index contributed by atoms with van der Waals surface area (Å²) in [5.74, 6) is 0.711. The topological polar surface area (TPSA) is 66.5 Å². The molecule has 0 aliphatic rings. The molecular weight excluding hydrogens is 436 g/mol. The Morgan fingerprint density at radius 2 is 1.71 bits per heavy atom. The van der Waals surface area contributed by atoms with Gasteiger partial charge in [0.2, 0.25) is 5.75 Å². The number of nitrogens with zero attached hydrogens (tertiary/aromatic N) is 1. The van der Waals surface area contributed by atoms with E-state index in [4.69, 9.17) is 15.2 Å². The molecule has 2 N–H and O–H groups in total. The number of nitrogen functional groups attached to an aromatic ring is 1. The molecule has 0 radical (unpaired) electrons. The SMILES string of the molecule is C=CCOc1c(OC/C=C(\C)CCC=C(C)C)c2ccc(N)cc2n(CCCCCCCC)c1=O. The maximum atomic E-state index is 13.6. The van der Waals surface area contributed by atoms with E-state index < -0.39 is 0 Å². The molecule has 0 bridgehead atoms. The predicted molar refractivity (Wildman–Crippen MR) is 150 cm³/mol. The highest BCUT2D eigenvalue weighted by atomic mass is 16.5. The zero-order chi connectivity index (χ0) is 25.6. The van der Waals surface area contributed by atoms with Crippen LogP contribution in [0.1, 0.15) is 79.1 Å². The van der Waals surface area contributed by atoms with Gasteiger partial charge in [-0.25, -0.2) is 0 Å². The molecule has 0 fully saturated rings. The van der Waals surface area contributed by atoms with E-state index in [-0.39, 0.29) is 17.9 Å². The molecular formula is C30H44N2O3. The van der Waals surface area contributed by atoms with Crippen molar-refractivity contribution in [1.29, 1.82) is 0 Å². The summed E-state index contributed by atoms with van der Waals surface area (Å²) >= 11 is 0. The van der Waals surface area contributed by atoms with Gasteiger partial charge in [0.15, 0.2) is 5.75 Å². The molecule has 0 saturated carbocycles. The minimum Gasteiger partial charge on any atom is -0.485 e. The fraction of sp³-hybridized carbons (Fsp3) is 0.500. The van der Waals surface area contributed by atoms with Gasteiger partial charge in [-0.05, 0) is 64.3 Å². The highest BCUT2D eigenvalue weighted by molar-refractivity contribution is 5.90. The van der Waals surface area contributed by atoms with Crippen molar-refractivity contribution in [2.75, 3.05) is 18.9 Å². The summed E-state index contributed by atoms with van der Waals surface area (Å²) in [7, 11) is 0. The average Bonchev–Trinajstić information content (AvgIpc) is 2.82. The second-order valence-corrected chi connectivity index (χ2v) is 9.44. The molecule has 0 saturated heterocycles. The first kappa shape index (κ1) is 28.3. The number of ether oxygens (including phenoxy) is 2. The van der Waals surface area contributed by atoms with E-state index >= 15 is 0 Å². The van der Waals surface area contributed by atoms with Crippen molar-refractivity contribution in [3.8, 4) is 11.5 Å². The fourth-order valence-corrected chi connectivity index (χ4v) is 4.06. The van der Waals surface area contributed by atoms with Gasteiger partial charge in [-0.1, -0.05) is 68.9 Å². The number of hydrogen-bond donors (Lipinski definition) is 1. The second kappa shape index (κ2) is 15.1. The third kappa shape index (κ3) is 8.97. The number of aromatic nitrogens is 1. The highest BCUT2D eigenvalue weighted by Gasteiger charge is 2.19. The quantitative estimate of drug-likeness (QED) is 0.153. The molecule has 2 aromatic rings. The molecule has 1 heterocycles. The van der Waals surface area contributed by atoms with Crippen LogP contribution in [-0.2, 0) is 6.54 Å². The largest absolute Gasteiger partial charge is 0.485 e. The van der Waals surface area contributed by atoms with Crippen LogP contribution in [-0.4, -0.2) is 17.8 Å². The van der Waals surface area contributed by atoms with Crippen LogP contribution in [0, 0.1) is 0 Å². The van der Waals surface area contributed by atoms with E-state index in [2.05, 4.69) is 46.4 Å². The monoisotopic (exact) mass is 480 g/mol. The first-order valence-electron chi connectivity index (χ1n) is 13.0. The highest BCUT2D eigenvalue weighted by Crippen LogP contribution is 2.34. The number of pyridine rings is 1. The van der Waals surface area contributed by atoms with Crippen molar-refractivity contribution in [2.24, 2.45) is 0 Å². The maximum Gasteiger partial charge on any atom is 0.297 e. The second-order valence-electron chi connectivity index (χ2n) is 9.44. The summed E-state index contributed by atoms with van der Waals surface area (Å²) < 4.78 is 13.8. The van der Waals surface area contributed by atoms with Gasteiger partial charge in [0.05, 0.1) is 5.52 Å². The van der Waals surface area contributed by atoms with E-state index in [1.54, 1.807) is 10.6 Å². The van der Waals surface area contributed by atoms with Crippen molar-refractivity contribution in [3.05, 3.63) is 64.5 Å². The fourth-order valence-electron chi connectivity index (χ4n) is 4.06. The molecule has 0 amide bonds. The smallest absolute Gasteiger partial charge is 0.297 e. The van der Waals surface area contributed by atoms with Crippen LogP contribution in [0.15, 0.2) is 58.9 Å². The third-order valence-electron chi connectivity index (χ3n) is 6.03. The number of benzene rings is 1.